The Morgan fingerprint density at radius 1 is 0.906 bits per heavy atom. The van der Waals surface area contributed by atoms with Crippen molar-refractivity contribution >= 4 is 33.4 Å². The maximum Gasteiger partial charge on any atom is 0.259 e. The van der Waals surface area contributed by atoms with Crippen LogP contribution in [0.25, 0.3) is 0 Å². The van der Waals surface area contributed by atoms with E-state index < -0.39 is 0 Å². The average Bonchev–Trinajstić information content (AvgIpc) is 2.74. The Morgan fingerprint density at radius 2 is 1.59 bits per heavy atom. The van der Waals surface area contributed by atoms with Crippen LogP contribution >= 0.6 is 15.9 Å². The number of hydrogen-bond donors (Lipinski definition) is 2. The minimum atomic E-state index is -0.318. The second-order valence-electron chi connectivity index (χ2n) is 8.46. The molecule has 166 valence electrons. The molecule has 0 bridgehead atoms. The molecule has 0 aliphatic heterocycles. The van der Waals surface area contributed by atoms with E-state index in [1.807, 2.05) is 57.2 Å². The lowest BCUT2D eigenvalue weighted by molar-refractivity contribution is 0.0919. The summed E-state index contributed by atoms with van der Waals surface area (Å²) in [7, 11) is 0. The van der Waals surface area contributed by atoms with E-state index in [4.69, 9.17) is 4.74 Å². The van der Waals surface area contributed by atoms with Crippen LogP contribution in [0.1, 0.15) is 47.1 Å². The molecule has 0 spiro atoms. The fraction of sp³-hybridized carbons (Fsp3) is 0.231. The minimum absolute atomic E-state index is 0.156. The van der Waals surface area contributed by atoms with Gasteiger partial charge in [0, 0.05) is 27.7 Å². The van der Waals surface area contributed by atoms with Gasteiger partial charge in [0.15, 0.2) is 0 Å². The molecule has 0 aliphatic carbocycles. The summed E-state index contributed by atoms with van der Waals surface area (Å²) in [6.45, 7) is 6.24. The van der Waals surface area contributed by atoms with Crippen LogP contribution in [0.2, 0.25) is 0 Å². The molecule has 0 saturated carbocycles. The number of nitrogens with one attached hydrogen (secondary N) is 2. The van der Waals surface area contributed by atoms with E-state index >= 15 is 0 Å². The van der Waals surface area contributed by atoms with Gasteiger partial charge >= 0.3 is 0 Å². The minimum Gasteiger partial charge on any atom is -0.492 e. The van der Waals surface area contributed by atoms with E-state index in [0.717, 1.165) is 10.9 Å². The van der Waals surface area contributed by atoms with Crippen LogP contribution in [-0.2, 0) is 6.42 Å². The molecule has 5 nitrogen and oxygen atoms in total. The number of anilines is 1. The number of benzene rings is 3. The van der Waals surface area contributed by atoms with Gasteiger partial charge in [-0.2, -0.15) is 0 Å². The lowest BCUT2D eigenvalue weighted by Gasteiger charge is -2.20. The summed E-state index contributed by atoms with van der Waals surface area (Å²) >= 11 is 3.42. The summed E-state index contributed by atoms with van der Waals surface area (Å²) in [6, 6.07) is 22.2. The van der Waals surface area contributed by atoms with E-state index in [9.17, 15) is 9.59 Å². The van der Waals surface area contributed by atoms with Crippen LogP contribution in [0.4, 0.5) is 5.69 Å². The van der Waals surface area contributed by atoms with Crippen LogP contribution in [0.15, 0.2) is 77.3 Å². The van der Waals surface area contributed by atoms with Crippen molar-refractivity contribution in [3.05, 3.63) is 94.0 Å². The molecule has 0 unspecified atom stereocenters. The second-order valence-corrected chi connectivity index (χ2v) is 9.38. The van der Waals surface area contributed by atoms with Crippen LogP contribution in [0, 0.1) is 0 Å². The lowest BCUT2D eigenvalue weighted by atomic mass is 10.1. The highest BCUT2D eigenvalue weighted by Gasteiger charge is 2.16. The Balaban J connectivity index is 1.66. The molecule has 0 heterocycles. The van der Waals surface area contributed by atoms with Gasteiger partial charge in [0.25, 0.3) is 11.8 Å². The van der Waals surface area contributed by atoms with E-state index in [2.05, 4.69) is 26.6 Å². The standard InChI is InChI=1S/C26H27BrN2O3/c1-26(2,3)29-24(30)19-9-12-21(13-10-19)28-25(31)22-17-20(27)11-14-23(22)32-16-15-18-7-5-4-6-8-18/h4-14,17H,15-16H2,1-3H3,(H,28,31)(H,29,30). The zero-order chi connectivity index (χ0) is 23.1. The monoisotopic (exact) mass is 494 g/mol. The fourth-order valence-electron chi connectivity index (χ4n) is 3.05. The Hall–Kier alpha value is -3.12. The van der Waals surface area contributed by atoms with Gasteiger partial charge in [0.1, 0.15) is 5.75 Å². The lowest BCUT2D eigenvalue weighted by Crippen LogP contribution is -2.40. The quantitative estimate of drug-likeness (QED) is 0.432. The van der Waals surface area contributed by atoms with Gasteiger partial charge < -0.3 is 15.4 Å². The van der Waals surface area contributed by atoms with E-state index in [1.54, 1.807) is 36.4 Å². The number of amides is 2. The molecule has 0 fully saturated rings. The van der Waals surface area contributed by atoms with Crippen molar-refractivity contribution in [2.75, 3.05) is 11.9 Å². The number of carbonyl (C=O) groups is 2. The van der Waals surface area contributed by atoms with E-state index in [1.165, 1.54) is 5.56 Å². The van der Waals surface area contributed by atoms with Crippen molar-refractivity contribution in [1.82, 2.24) is 5.32 Å². The highest BCUT2D eigenvalue weighted by atomic mass is 79.9. The summed E-state index contributed by atoms with van der Waals surface area (Å²) < 4.78 is 6.70. The maximum absolute atomic E-state index is 12.9. The number of carbonyl (C=O) groups excluding carboxylic acids is 2. The molecule has 3 rings (SSSR count). The zero-order valence-corrected chi connectivity index (χ0v) is 20.0. The molecule has 0 radical (unpaired) electrons. The largest absolute Gasteiger partial charge is 0.492 e. The molecule has 32 heavy (non-hydrogen) atoms. The number of rotatable bonds is 7. The first-order valence-electron chi connectivity index (χ1n) is 10.4. The highest BCUT2D eigenvalue weighted by molar-refractivity contribution is 9.10. The molecular weight excluding hydrogens is 468 g/mol. The first-order chi connectivity index (χ1) is 15.2. The predicted octanol–water partition coefficient (Wildman–Crippen LogP) is 5.85. The molecular formula is C26H27BrN2O3. The molecule has 2 N–H and O–H groups in total. The van der Waals surface area contributed by atoms with E-state index in [0.29, 0.717) is 29.2 Å². The summed E-state index contributed by atoms with van der Waals surface area (Å²) in [4.78, 5) is 25.2. The molecule has 0 aromatic heterocycles. The summed E-state index contributed by atoms with van der Waals surface area (Å²) in [5.41, 5.74) is 2.41. The molecule has 0 saturated heterocycles. The van der Waals surface area contributed by atoms with Crippen LogP contribution < -0.4 is 15.4 Å². The van der Waals surface area contributed by atoms with Gasteiger partial charge in [0.2, 0.25) is 0 Å². The van der Waals surface area contributed by atoms with Gasteiger partial charge in [-0.05, 0) is 68.8 Å². The van der Waals surface area contributed by atoms with Crippen molar-refractivity contribution < 1.29 is 14.3 Å². The van der Waals surface area contributed by atoms with Crippen molar-refractivity contribution in [3.63, 3.8) is 0 Å². The summed E-state index contributed by atoms with van der Waals surface area (Å²) in [5, 5.41) is 5.80. The second kappa shape index (κ2) is 10.5. The Labute approximate surface area is 197 Å². The number of halogens is 1. The Kier molecular flexibility index (Phi) is 7.70. The number of hydrogen-bond acceptors (Lipinski definition) is 3. The van der Waals surface area contributed by atoms with Crippen LogP contribution in [0.5, 0.6) is 5.75 Å². The smallest absolute Gasteiger partial charge is 0.259 e. The van der Waals surface area contributed by atoms with Gasteiger partial charge in [-0.1, -0.05) is 46.3 Å². The molecule has 3 aromatic rings. The van der Waals surface area contributed by atoms with Gasteiger partial charge in [-0.3, -0.25) is 9.59 Å². The molecule has 3 aromatic carbocycles. The van der Waals surface area contributed by atoms with Crippen molar-refractivity contribution in [1.29, 1.82) is 0 Å². The molecule has 0 aliphatic rings. The fourth-order valence-corrected chi connectivity index (χ4v) is 3.41. The predicted molar refractivity (Wildman–Crippen MR) is 131 cm³/mol. The Bertz CT molecular complexity index is 1070. The van der Waals surface area contributed by atoms with Gasteiger partial charge in [-0.25, -0.2) is 0 Å². The van der Waals surface area contributed by atoms with Crippen LogP contribution in [-0.4, -0.2) is 24.0 Å². The first-order valence-corrected chi connectivity index (χ1v) is 11.2. The molecule has 0 atom stereocenters. The molecule has 2 amide bonds. The van der Waals surface area contributed by atoms with Crippen molar-refractivity contribution in [2.45, 2.75) is 32.7 Å². The maximum atomic E-state index is 12.9. The van der Waals surface area contributed by atoms with Crippen molar-refractivity contribution in [3.8, 4) is 5.75 Å². The topological polar surface area (TPSA) is 67.4 Å². The normalized spacial score (nSPS) is 11.0. The van der Waals surface area contributed by atoms with Gasteiger partial charge in [-0.15, -0.1) is 0 Å². The highest BCUT2D eigenvalue weighted by Crippen LogP contribution is 2.25. The average molecular weight is 495 g/mol. The van der Waals surface area contributed by atoms with Crippen LogP contribution in [0.3, 0.4) is 0 Å². The SMILES string of the molecule is CC(C)(C)NC(=O)c1ccc(NC(=O)c2cc(Br)ccc2OCCc2ccccc2)cc1. The molecule has 6 heteroatoms. The van der Waals surface area contributed by atoms with E-state index in [-0.39, 0.29) is 17.4 Å². The summed E-state index contributed by atoms with van der Waals surface area (Å²) in [6.07, 6.45) is 0.746. The number of ether oxygens (including phenoxy) is 1. The first kappa shape index (κ1) is 23.5. The third kappa shape index (κ3) is 6.95. The summed E-state index contributed by atoms with van der Waals surface area (Å²) in [5.74, 6) is 0.0761. The third-order valence-electron chi connectivity index (χ3n) is 4.57. The third-order valence-corrected chi connectivity index (χ3v) is 5.06. The van der Waals surface area contributed by atoms with Gasteiger partial charge in [0.05, 0.1) is 12.2 Å². The van der Waals surface area contributed by atoms with Crippen molar-refractivity contribution in [2.24, 2.45) is 0 Å². The Morgan fingerprint density at radius 3 is 2.25 bits per heavy atom. The zero-order valence-electron chi connectivity index (χ0n) is 18.4.